The molecular weight excluding hydrogens is 402 g/mol. The van der Waals surface area contributed by atoms with E-state index < -0.39 is 0 Å². The van der Waals surface area contributed by atoms with E-state index in [9.17, 15) is 4.79 Å². The van der Waals surface area contributed by atoms with Crippen molar-refractivity contribution in [3.8, 4) is 10.6 Å². The molecule has 158 valence electrons. The lowest BCUT2D eigenvalue weighted by atomic mass is 9.96. The molecule has 0 saturated carbocycles. The summed E-state index contributed by atoms with van der Waals surface area (Å²) in [6.45, 7) is 2.78. The first-order chi connectivity index (χ1) is 15.3. The lowest BCUT2D eigenvalue weighted by molar-refractivity contribution is -0.132. The number of thiazole rings is 1. The third kappa shape index (κ3) is 4.57. The first-order valence-corrected chi connectivity index (χ1v) is 11.9. The van der Waals surface area contributed by atoms with Crippen molar-refractivity contribution in [2.24, 2.45) is 5.92 Å². The summed E-state index contributed by atoms with van der Waals surface area (Å²) in [5, 5.41) is 4.35. The van der Waals surface area contributed by atoms with Crippen molar-refractivity contribution in [2.45, 2.75) is 32.2 Å². The molecule has 0 N–H and O–H groups in total. The number of rotatable bonds is 6. The number of nitrogens with zero attached hydrogens (tertiary/aromatic N) is 3. The predicted octanol–water partition coefficient (Wildman–Crippen LogP) is 5.64. The number of hydrogen-bond acceptors (Lipinski definition) is 3. The van der Waals surface area contributed by atoms with Crippen molar-refractivity contribution >= 4 is 28.1 Å². The molecule has 1 aliphatic rings. The van der Waals surface area contributed by atoms with Gasteiger partial charge >= 0.3 is 0 Å². The second-order valence-electron chi connectivity index (χ2n) is 8.39. The molecule has 0 atom stereocenters. The number of hydrogen-bond donors (Lipinski definition) is 0. The zero-order valence-electron chi connectivity index (χ0n) is 17.6. The Hall–Kier alpha value is -2.92. The van der Waals surface area contributed by atoms with Gasteiger partial charge in [0.25, 0.3) is 0 Å². The maximum Gasteiger partial charge on any atom is 0.222 e. The molecule has 2 aromatic heterocycles. The highest BCUT2D eigenvalue weighted by molar-refractivity contribution is 7.13. The molecule has 0 unspecified atom stereocenters. The van der Waals surface area contributed by atoms with Crippen LogP contribution >= 0.6 is 11.3 Å². The second kappa shape index (κ2) is 9.06. The van der Waals surface area contributed by atoms with E-state index in [1.54, 1.807) is 11.3 Å². The second-order valence-corrected chi connectivity index (χ2v) is 9.28. The van der Waals surface area contributed by atoms with E-state index >= 15 is 0 Å². The number of carbonyl (C=O) groups excluding carboxylic acids is 1. The zero-order valence-corrected chi connectivity index (χ0v) is 18.4. The van der Waals surface area contributed by atoms with Crippen molar-refractivity contribution in [1.82, 2.24) is 14.5 Å². The van der Waals surface area contributed by atoms with Gasteiger partial charge in [-0.15, -0.1) is 11.3 Å². The number of piperidine rings is 1. The summed E-state index contributed by atoms with van der Waals surface area (Å²) in [6, 6.07) is 19.1. The zero-order chi connectivity index (χ0) is 21.0. The minimum Gasteiger partial charge on any atom is -0.347 e. The number of fused-ring (bicyclic) bond motifs is 1. The summed E-state index contributed by atoms with van der Waals surface area (Å²) in [6.07, 6.45) is 7.65. The van der Waals surface area contributed by atoms with Crippen molar-refractivity contribution in [3.05, 3.63) is 77.9 Å². The van der Waals surface area contributed by atoms with Gasteiger partial charge in [-0.25, -0.2) is 4.98 Å². The smallest absolute Gasteiger partial charge is 0.222 e. The monoisotopic (exact) mass is 429 g/mol. The fourth-order valence-corrected chi connectivity index (χ4v) is 5.19. The van der Waals surface area contributed by atoms with Gasteiger partial charge in [0.15, 0.2) is 0 Å². The molecule has 5 heteroatoms. The molecule has 0 radical (unpaired) electrons. The fourth-order valence-electron chi connectivity index (χ4n) is 4.56. The first-order valence-electron chi connectivity index (χ1n) is 11.1. The van der Waals surface area contributed by atoms with Gasteiger partial charge in [0.2, 0.25) is 5.91 Å². The third-order valence-electron chi connectivity index (χ3n) is 6.34. The van der Waals surface area contributed by atoms with Crippen LogP contribution in [0.1, 0.15) is 24.8 Å². The predicted molar refractivity (Wildman–Crippen MR) is 127 cm³/mol. The van der Waals surface area contributed by atoms with Gasteiger partial charge < -0.3 is 9.47 Å². The van der Waals surface area contributed by atoms with Crippen molar-refractivity contribution in [2.75, 3.05) is 13.1 Å². The average molecular weight is 430 g/mol. The SMILES string of the molecule is O=C(CCc1ccccc1)N1CCC(Cn2ccc3cc(-c4nccs4)ccc32)CC1. The molecule has 5 rings (SSSR count). The fraction of sp³-hybridized carbons (Fsp3) is 0.308. The molecular formula is C26H27N3OS. The molecule has 3 heterocycles. The van der Waals surface area contributed by atoms with E-state index in [0.717, 1.165) is 43.9 Å². The minimum atomic E-state index is 0.295. The minimum absolute atomic E-state index is 0.295. The summed E-state index contributed by atoms with van der Waals surface area (Å²) >= 11 is 1.67. The summed E-state index contributed by atoms with van der Waals surface area (Å²) in [7, 11) is 0. The van der Waals surface area contributed by atoms with Gasteiger partial charge in [-0.2, -0.15) is 0 Å². The maximum atomic E-state index is 12.6. The van der Waals surface area contributed by atoms with E-state index in [0.29, 0.717) is 18.2 Å². The van der Waals surface area contributed by atoms with Crippen LogP contribution in [0.2, 0.25) is 0 Å². The van der Waals surface area contributed by atoms with Crippen molar-refractivity contribution in [1.29, 1.82) is 0 Å². The Morgan fingerprint density at radius 2 is 1.90 bits per heavy atom. The molecule has 0 bridgehead atoms. The van der Waals surface area contributed by atoms with Crippen LogP contribution in [0.4, 0.5) is 0 Å². The largest absolute Gasteiger partial charge is 0.347 e. The summed E-state index contributed by atoms with van der Waals surface area (Å²) in [5.41, 5.74) is 3.70. The lowest BCUT2D eigenvalue weighted by Crippen LogP contribution is -2.39. The maximum absolute atomic E-state index is 12.6. The highest BCUT2D eigenvalue weighted by atomic mass is 32.1. The van der Waals surface area contributed by atoms with Crippen molar-refractivity contribution in [3.63, 3.8) is 0 Å². The van der Waals surface area contributed by atoms with Gasteiger partial charge in [0.05, 0.1) is 0 Å². The Morgan fingerprint density at radius 3 is 2.68 bits per heavy atom. The molecule has 2 aromatic carbocycles. The van der Waals surface area contributed by atoms with Crippen LogP contribution in [0.15, 0.2) is 72.4 Å². The Balaban J connectivity index is 1.16. The van der Waals surface area contributed by atoms with E-state index in [2.05, 4.69) is 57.0 Å². The van der Waals surface area contributed by atoms with Crippen LogP contribution in [0.25, 0.3) is 21.5 Å². The Labute approximate surface area is 187 Å². The van der Waals surface area contributed by atoms with Crippen LogP contribution in [0.5, 0.6) is 0 Å². The molecule has 1 aliphatic heterocycles. The number of aromatic nitrogens is 2. The van der Waals surface area contributed by atoms with Crippen molar-refractivity contribution < 1.29 is 4.79 Å². The average Bonchev–Trinajstić information content (AvgIpc) is 3.49. The van der Waals surface area contributed by atoms with Crippen LogP contribution < -0.4 is 0 Å². The molecule has 4 aromatic rings. The quantitative estimate of drug-likeness (QED) is 0.398. The standard InChI is InChI=1S/C26H27N3OS/c30-25(9-6-20-4-2-1-3-5-20)28-14-10-21(11-15-28)19-29-16-12-22-18-23(7-8-24(22)29)26-27-13-17-31-26/h1-5,7-8,12-13,16-18,21H,6,9-11,14-15,19H2. The first kappa shape index (κ1) is 20.0. The topological polar surface area (TPSA) is 38.1 Å². The van der Waals surface area contributed by atoms with Crippen LogP contribution in [0, 0.1) is 5.92 Å². The van der Waals surface area contributed by atoms with Gasteiger partial charge in [0.1, 0.15) is 5.01 Å². The molecule has 0 aliphatic carbocycles. The van der Waals surface area contributed by atoms with E-state index in [-0.39, 0.29) is 0 Å². The van der Waals surface area contributed by atoms with E-state index in [1.165, 1.54) is 22.0 Å². The number of aryl methyl sites for hydroxylation is 1. The molecule has 31 heavy (non-hydrogen) atoms. The van der Waals surface area contributed by atoms with Gasteiger partial charge in [0, 0.05) is 60.3 Å². The Bertz CT molecular complexity index is 1140. The Kier molecular flexibility index (Phi) is 5.85. The highest BCUT2D eigenvalue weighted by Gasteiger charge is 2.23. The van der Waals surface area contributed by atoms with Crippen LogP contribution in [-0.2, 0) is 17.8 Å². The number of benzene rings is 2. The molecule has 1 amide bonds. The summed E-state index contributed by atoms with van der Waals surface area (Å²) < 4.78 is 2.37. The lowest BCUT2D eigenvalue weighted by Gasteiger charge is -2.32. The molecule has 4 nitrogen and oxygen atoms in total. The normalized spacial score (nSPS) is 14.9. The van der Waals surface area contributed by atoms with E-state index in [1.807, 2.05) is 29.8 Å². The molecule has 0 spiro atoms. The van der Waals surface area contributed by atoms with Gasteiger partial charge in [-0.1, -0.05) is 30.3 Å². The van der Waals surface area contributed by atoms with Crippen LogP contribution in [-0.4, -0.2) is 33.4 Å². The number of carbonyl (C=O) groups is 1. The summed E-state index contributed by atoms with van der Waals surface area (Å²) in [4.78, 5) is 19.1. The van der Waals surface area contributed by atoms with Crippen LogP contribution in [0.3, 0.4) is 0 Å². The molecule has 1 fully saturated rings. The third-order valence-corrected chi connectivity index (χ3v) is 7.16. The van der Waals surface area contributed by atoms with Gasteiger partial charge in [-0.05, 0) is 55.0 Å². The van der Waals surface area contributed by atoms with E-state index in [4.69, 9.17) is 0 Å². The Morgan fingerprint density at radius 1 is 1.06 bits per heavy atom. The highest BCUT2D eigenvalue weighted by Crippen LogP contribution is 2.28. The summed E-state index contributed by atoms with van der Waals surface area (Å²) in [5.74, 6) is 0.913. The van der Waals surface area contributed by atoms with Gasteiger partial charge in [-0.3, -0.25) is 4.79 Å². The molecule has 1 saturated heterocycles. The number of likely N-dealkylation sites (tertiary alicyclic amines) is 1. The number of amides is 1.